The highest BCUT2D eigenvalue weighted by Crippen LogP contribution is 2.31. The molecule has 2 N–H and O–H groups in total. The Balaban J connectivity index is 0.000000847. The van der Waals surface area contributed by atoms with E-state index in [2.05, 4.69) is 17.0 Å². The zero-order valence-corrected chi connectivity index (χ0v) is 13.0. The fourth-order valence-corrected chi connectivity index (χ4v) is 2.77. The van der Waals surface area contributed by atoms with Crippen LogP contribution in [-0.2, 0) is 17.9 Å². The summed E-state index contributed by atoms with van der Waals surface area (Å²) in [4.78, 5) is 14.1. The Hall–Kier alpha value is -2.17. The van der Waals surface area contributed by atoms with E-state index in [-0.39, 0.29) is 0 Å². The van der Waals surface area contributed by atoms with Crippen molar-refractivity contribution in [2.75, 3.05) is 0 Å². The van der Waals surface area contributed by atoms with Gasteiger partial charge in [0.1, 0.15) is 6.04 Å². The molecule has 116 valence electrons. The second-order valence-corrected chi connectivity index (χ2v) is 4.96. The first-order valence-electron chi connectivity index (χ1n) is 7.59. The van der Waals surface area contributed by atoms with Crippen molar-refractivity contribution in [1.29, 1.82) is 0 Å². The van der Waals surface area contributed by atoms with Crippen LogP contribution in [0.3, 0.4) is 0 Å². The minimum atomic E-state index is -0.478. The zero-order valence-electron chi connectivity index (χ0n) is 13.0. The van der Waals surface area contributed by atoms with Gasteiger partial charge < -0.3 is 0 Å². The van der Waals surface area contributed by atoms with E-state index in [1.165, 1.54) is 11.1 Å². The Morgan fingerprint density at radius 2 is 1.50 bits per heavy atom. The molecule has 0 aromatic heterocycles. The van der Waals surface area contributed by atoms with Gasteiger partial charge in [-0.1, -0.05) is 68.4 Å². The molecular formula is C18H22N2O2. The van der Waals surface area contributed by atoms with E-state index in [0.717, 1.165) is 5.56 Å². The van der Waals surface area contributed by atoms with Crippen molar-refractivity contribution in [1.82, 2.24) is 10.4 Å². The molecule has 4 nitrogen and oxygen atoms in total. The van der Waals surface area contributed by atoms with Crippen LogP contribution in [0.4, 0.5) is 0 Å². The molecule has 0 spiro atoms. The maximum absolute atomic E-state index is 12.0. The fraction of sp³-hybridized carbons (Fsp3) is 0.278. The van der Waals surface area contributed by atoms with Gasteiger partial charge in [-0.25, -0.2) is 5.48 Å². The summed E-state index contributed by atoms with van der Waals surface area (Å²) < 4.78 is 0. The number of fused-ring (bicyclic) bond motifs is 1. The third-order valence-electron chi connectivity index (χ3n) is 3.70. The van der Waals surface area contributed by atoms with Crippen LogP contribution in [0, 0.1) is 0 Å². The fourth-order valence-electron chi connectivity index (χ4n) is 2.77. The van der Waals surface area contributed by atoms with Gasteiger partial charge in [0, 0.05) is 13.1 Å². The molecule has 2 aromatic carbocycles. The van der Waals surface area contributed by atoms with Crippen molar-refractivity contribution >= 4 is 5.91 Å². The van der Waals surface area contributed by atoms with Gasteiger partial charge in [0.15, 0.2) is 0 Å². The molecule has 3 rings (SSSR count). The van der Waals surface area contributed by atoms with E-state index in [0.29, 0.717) is 13.1 Å². The Morgan fingerprint density at radius 1 is 1.00 bits per heavy atom. The molecule has 0 saturated carbocycles. The normalized spacial score (nSPS) is 14.5. The average Bonchev–Trinajstić information content (AvgIpc) is 3.01. The highest BCUT2D eigenvalue weighted by atomic mass is 16.5. The molecule has 1 aliphatic rings. The molecule has 1 amide bonds. The first-order valence-corrected chi connectivity index (χ1v) is 7.59. The van der Waals surface area contributed by atoms with E-state index < -0.39 is 11.9 Å². The number of carbonyl (C=O) groups excluding carboxylic acids is 1. The van der Waals surface area contributed by atoms with Crippen molar-refractivity contribution in [3.63, 3.8) is 0 Å². The summed E-state index contributed by atoms with van der Waals surface area (Å²) in [7, 11) is 0. The third-order valence-corrected chi connectivity index (χ3v) is 3.70. The summed E-state index contributed by atoms with van der Waals surface area (Å²) in [5, 5.41) is 9.02. The van der Waals surface area contributed by atoms with E-state index in [1.54, 1.807) is 5.48 Å². The van der Waals surface area contributed by atoms with Gasteiger partial charge in [-0.3, -0.25) is 14.9 Å². The van der Waals surface area contributed by atoms with Crippen molar-refractivity contribution in [3.05, 3.63) is 71.3 Å². The lowest BCUT2D eigenvalue weighted by Crippen LogP contribution is -2.36. The Kier molecular flexibility index (Phi) is 5.69. The summed E-state index contributed by atoms with van der Waals surface area (Å²) >= 11 is 0. The van der Waals surface area contributed by atoms with Crippen LogP contribution in [0.25, 0.3) is 0 Å². The maximum Gasteiger partial charge on any atom is 0.265 e. The predicted octanol–water partition coefficient (Wildman–Crippen LogP) is 3.28. The van der Waals surface area contributed by atoms with Gasteiger partial charge in [0.25, 0.3) is 5.91 Å². The van der Waals surface area contributed by atoms with Crippen LogP contribution in [-0.4, -0.2) is 16.0 Å². The Labute approximate surface area is 131 Å². The van der Waals surface area contributed by atoms with Crippen LogP contribution in [0.15, 0.2) is 54.6 Å². The predicted molar refractivity (Wildman–Crippen MR) is 86.1 cm³/mol. The number of hydroxylamine groups is 1. The number of nitrogens with one attached hydrogen (secondary N) is 1. The summed E-state index contributed by atoms with van der Waals surface area (Å²) in [6.45, 7) is 5.42. The molecular weight excluding hydrogens is 276 g/mol. The van der Waals surface area contributed by atoms with Crippen LogP contribution in [0.5, 0.6) is 0 Å². The van der Waals surface area contributed by atoms with Gasteiger partial charge in [0.2, 0.25) is 0 Å². The lowest BCUT2D eigenvalue weighted by Gasteiger charge is -2.25. The first-order chi connectivity index (χ1) is 10.8. The zero-order chi connectivity index (χ0) is 15.9. The van der Waals surface area contributed by atoms with Gasteiger partial charge in [-0.2, -0.15) is 0 Å². The monoisotopic (exact) mass is 298 g/mol. The summed E-state index contributed by atoms with van der Waals surface area (Å²) in [6.07, 6.45) is 0. The number of nitrogens with zero attached hydrogens (tertiary/aromatic N) is 1. The summed E-state index contributed by atoms with van der Waals surface area (Å²) in [6, 6.07) is 17.2. The largest absolute Gasteiger partial charge is 0.289 e. The number of carbonyl (C=O) groups is 1. The molecule has 1 heterocycles. The van der Waals surface area contributed by atoms with Crippen LogP contribution >= 0.6 is 0 Å². The quantitative estimate of drug-likeness (QED) is 0.675. The van der Waals surface area contributed by atoms with Gasteiger partial charge >= 0.3 is 0 Å². The second-order valence-electron chi connectivity index (χ2n) is 4.96. The smallest absolute Gasteiger partial charge is 0.265 e. The number of hydrogen-bond acceptors (Lipinski definition) is 3. The minimum absolute atomic E-state index is 0.399. The molecule has 0 radical (unpaired) electrons. The first kappa shape index (κ1) is 16.2. The highest BCUT2D eigenvalue weighted by molar-refractivity contribution is 5.82. The molecule has 1 unspecified atom stereocenters. The SMILES string of the molecule is CC.O=C(NO)C(c1ccccc1)N1Cc2ccccc2C1. The molecule has 2 aromatic rings. The lowest BCUT2D eigenvalue weighted by atomic mass is 10.1. The molecule has 0 fully saturated rings. The van der Waals surface area contributed by atoms with Crippen molar-refractivity contribution in [2.24, 2.45) is 0 Å². The molecule has 1 aliphatic heterocycles. The molecule has 4 heteroatoms. The topological polar surface area (TPSA) is 52.6 Å². The minimum Gasteiger partial charge on any atom is -0.289 e. The highest BCUT2D eigenvalue weighted by Gasteiger charge is 2.31. The maximum atomic E-state index is 12.0. The number of hydrogen-bond donors (Lipinski definition) is 2. The molecule has 22 heavy (non-hydrogen) atoms. The molecule has 0 aliphatic carbocycles. The number of rotatable bonds is 3. The van der Waals surface area contributed by atoms with Crippen LogP contribution < -0.4 is 5.48 Å². The summed E-state index contributed by atoms with van der Waals surface area (Å²) in [5.41, 5.74) is 5.14. The molecule has 0 saturated heterocycles. The van der Waals surface area contributed by atoms with Gasteiger partial charge in [0.05, 0.1) is 0 Å². The van der Waals surface area contributed by atoms with Crippen molar-refractivity contribution in [2.45, 2.75) is 33.0 Å². The van der Waals surface area contributed by atoms with Crippen molar-refractivity contribution < 1.29 is 10.0 Å². The standard InChI is InChI=1S/C16H16N2O2.C2H6/c19-16(17-20)15(12-6-2-1-3-7-12)18-10-13-8-4-5-9-14(13)11-18;1-2/h1-9,15,20H,10-11H2,(H,17,19);1-2H3. The van der Waals surface area contributed by atoms with E-state index in [4.69, 9.17) is 5.21 Å². The second kappa shape index (κ2) is 7.73. The average molecular weight is 298 g/mol. The lowest BCUT2D eigenvalue weighted by molar-refractivity contribution is -0.135. The van der Waals surface area contributed by atoms with Gasteiger partial charge in [-0.15, -0.1) is 0 Å². The number of amides is 1. The Bertz CT molecular complexity index is 588. The summed E-state index contributed by atoms with van der Waals surface area (Å²) in [5.74, 6) is -0.399. The van der Waals surface area contributed by atoms with Crippen LogP contribution in [0.1, 0.15) is 36.6 Å². The molecule has 1 atom stereocenters. The van der Waals surface area contributed by atoms with Crippen LogP contribution in [0.2, 0.25) is 0 Å². The third kappa shape index (κ3) is 3.35. The van der Waals surface area contributed by atoms with E-state index in [9.17, 15) is 4.79 Å². The van der Waals surface area contributed by atoms with E-state index >= 15 is 0 Å². The van der Waals surface area contributed by atoms with E-state index in [1.807, 2.05) is 56.3 Å². The Morgan fingerprint density at radius 3 is 2.00 bits per heavy atom. The van der Waals surface area contributed by atoms with Crippen molar-refractivity contribution in [3.8, 4) is 0 Å². The van der Waals surface area contributed by atoms with Gasteiger partial charge in [-0.05, 0) is 16.7 Å². The number of benzene rings is 2. The molecule has 0 bridgehead atoms.